The first-order valence-corrected chi connectivity index (χ1v) is 5.41. The summed E-state index contributed by atoms with van der Waals surface area (Å²) in [6, 6.07) is 9.14. The quantitative estimate of drug-likeness (QED) is 0.876. The summed E-state index contributed by atoms with van der Waals surface area (Å²) in [7, 11) is 3.44. The Morgan fingerprint density at radius 3 is 2.35 bits per heavy atom. The van der Waals surface area contributed by atoms with Crippen LogP contribution >= 0.6 is 0 Å². The second kappa shape index (κ2) is 4.22. The van der Waals surface area contributed by atoms with Crippen LogP contribution in [-0.4, -0.2) is 22.0 Å². The van der Waals surface area contributed by atoms with Crippen LogP contribution in [0.3, 0.4) is 0 Å². The highest BCUT2D eigenvalue weighted by molar-refractivity contribution is 5.35. The van der Waals surface area contributed by atoms with Gasteiger partial charge in [-0.05, 0) is 30.7 Å². The number of methoxy groups -OCH3 is 1. The molecule has 0 aliphatic heterocycles. The fraction of sp³-hybridized carbons (Fsp3) is 0.308. The lowest BCUT2D eigenvalue weighted by Crippen LogP contribution is -2.23. The predicted molar refractivity (Wildman–Crippen MR) is 64.9 cm³/mol. The summed E-state index contributed by atoms with van der Waals surface area (Å²) < 4.78 is 6.76. The molecule has 2 rings (SSSR count). The molecule has 0 fully saturated rings. The highest BCUT2D eigenvalue weighted by Crippen LogP contribution is 2.28. The summed E-state index contributed by atoms with van der Waals surface area (Å²) in [4.78, 5) is 0. The van der Waals surface area contributed by atoms with E-state index in [0.29, 0.717) is 5.69 Å². The molecule has 0 radical (unpaired) electrons. The highest BCUT2D eigenvalue weighted by Gasteiger charge is 2.28. The van der Waals surface area contributed by atoms with Crippen molar-refractivity contribution in [3.8, 4) is 5.75 Å². The molecule has 1 aromatic carbocycles. The third-order valence-corrected chi connectivity index (χ3v) is 2.86. The van der Waals surface area contributed by atoms with Crippen molar-refractivity contribution in [3.63, 3.8) is 0 Å². The monoisotopic (exact) mass is 232 g/mol. The van der Waals surface area contributed by atoms with Gasteiger partial charge in [0.2, 0.25) is 0 Å². The summed E-state index contributed by atoms with van der Waals surface area (Å²) in [6.45, 7) is 1.73. The molecule has 0 spiro atoms. The number of rotatable bonds is 3. The predicted octanol–water partition coefficient (Wildman–Crippen LogP) is 1.68. The van der Waals surface area contributed by atoms with Crippen molar-refractivity contribution in [2.45, 2.75) is 12.5 Å². The molecule has 1 N–H and O–H groups in total. The fourth-order valence-corrected chi connectivity index (χ4v) is 1.74. The molecule has 4 nitrogen and oxygen atoms in total. The van der Waals surface area contributed by atoms with E-state index in [9.17, 15) is 5.11 Å². The first-order valence-electron chi connectivity index (χ1n) is 5.41. The standard InChI is InChI=1S/C13H16N2O2/c1-13(16,12-8-9-15(2)14-12)10-4-6-11(17-3)7-5-10/h4-9,16H,1-3H3. The Bertz CT molecular complexity index is 500. The molecule has 0 saturated carbocycles. The van der Waals surface area contributed by atoms with Crippen LogP contribution in [0.1, 0.15) is 18.2 Å². The third kappa shape index (κ3) is 2.17. The molecule has 1 heterocycles. The van der Waals surface area contributed by atoms with Gasteiger partial charge in [-0.15, -0.1) is 0 Å². The molecule has 0 bridgehead atoms. The number of benzene rings is 1. The van der Waals surface area contributed by atoms with Crippen LogP contribution in [0.5, 0.6) is 5.75 Å². The van der Waals surface area contributed by atoms with Gasteiger partial charge in [-0.25, -0.2) is 0 Å². The second-order valence-electron chi connectivity index (χ2n) is 4.18. The molecular formula is C13H16N2O2. The largest absolute Gasteiger partial charge is 0.497 e. The van der Waals surface area contributed by atoms with Crippen LogP contribution in [0.2, 0.25) is 0 Å². The first kappa shape index (κ1) is 11.7. The van der Waals surface area contributed by atoms with Crippen molar-refractivity contribution in [1.82, 2.24) is 9.78 Å². The Balaban J connectivity index is 2.36. The van der Waals surface area contributed by atoms with E-state index < -0.39 is 5.60 Å². The average molecular weight is 232 g/mol. The van der Waals surface area contributed by atoms with Crippen LogP contribution in [0.4, 0.5) is 0 Å². The Morgan fingerprint density at radius 1 is 1.24 bits per heavy atom. The number of aromatic nitrogens is 2. The van der Waals surface area contributed by atoms with Crippen molar-refractivity contribution in [2.24, 2.45) is 7.05 Å². The van der Waals surface area contributed by atoms with E-state index in [-0.39, 0.29) is 0 Å². The van der Waals surface area contributed by atoms with Crippen LogP contribution in [-0.2, 0) is 12.6 Å². The topological polar surface area (TPSA) is 47.3 Å². The van der Waals surface area contributed by atoms with Crippen molar-refractivity contribution in [1.29, 1.82) is 0 Å². The Morgan fingerprint density at radius 2 is 1.88 bits per heavy atom. The normalized spacial score (nSPS) is 14.4. The summed E-state index contributed by atoms with van der Waals surface area (Å²) in [5.74, 6) is 0.769. The lowest BCUT2D eigenvalue weighted by Gasteiger charge is -2.21. The molecule has 17 heavy (non-hydrogen) atoms. The van der Waals surface area contributed by atoms with Gasteiger partial charge < -0.3 is 9.84 Å². The molecule has 90 valence electrons. The van der Waals surface area contributed by atoms with Crippen molar-refractivity contribution >= 4 is 0 Å². The zero-order chi connectivity index (χ0) is 12.5. The van der Waals surface area contributed by atoms with E-state index in [0.717, 1.165) is 11.3 Å². The van der Waals surface area contributed by atoms with E-state index in [1.807, 2.05) is 43.6 Å². The van der Waals surface area contributed by atoms with Gasteiger partial charge in [-0.3, -0.25) is 4.68 Å². The maximum Gasteiger partial charge on any atom is 0.130 e. The molecule has 4 heteroatoms. The summed E-state index contributed by atoms with van der Waals surface area (Å²) in [6.07, 6.45) is 1.81. The van der Waals surface area contributed by atoms with Crippen LogP contribution < -0.4 is 4.74 Å². The molecule has 0 saturated heterocycles. The molecule has 1 unspecified atom stereocenters. The van der Waals surface area contributed by atoms with Gasteiger partial charge in [-0.2, -0.15) is 5.10 Å². The third-order valence-electron chi connectivity index (χ3n) is 2.86. The molecule has 0 aliphatic carbocycles. The number of aliphatic hydroxyl groups is 1. The van der Waals surface area contributed by atoms with Gasteiger partial charge in [0, 0.05) is 13.2 Å². The Kier molecular flexibility index (Phi) is 2.90. The van der Waals surface area contributed by atoms with Gasteiger partial charge in [0.05, 0.1) is 12.8 Å². The van der Waals surface area contributed by atoms with Gasteiger partial charge in [-0.1, -0.05) is 12.1 Å². The van der Waals surface area contributed by atoms with E-state index in [1.54, 1.807) is 18.7 Å². The smallest absolute Gasteiger partial charge is 0.130 e. The Labute approximate surface area is 100 Å². The van der Waals surface area contributed by atoms with E-state index in [4.69, 9.17) is 4.74 Å². The molecule has 1 atom stereocenters. The molecule has 1 aromatic heterocycles. The minimum Gasteiger partial charge on any atom is -0.497 e. The highest BCUT2D eigenvalue weighted by atomic mass is 16.5. The fourth-order valence-electron chi connectivity index (χ4n) is 1.74. The molecule has 2 aromatic rings. The molecule has 0 aliphatic rings. The van der Waals surface area contributed by atoms with Crippen molar-refractivity contribution in [3.05, 3.63) is 47.8 Å². The minimum atomic E-state index is -1.09. The maximum absolute atomic E-state index is 10.5. The first-order chi connectivity index (χ1) is 8.04. The lowest BCUT2D eigenvalue weighted by molar-refractivity contribution is 0.0966. The maximum atomic E-state index is 10.5. The van der Waals surface area contributed by atoms with E-state index >= 15 is 0 Å². The average Bonchev–Trinajstić information content (AvgIpc) is 2.77. The van der Waals surface area contributed by atoms with Crippen molar-refractivity contribution < 1.29 is 9.84 Å². The number of hydrogen-bond donors (Lipinski definition) is 1. The molecular weight excluding hydrogens is 216 g/mol. The lowest BCUT2D eigenvalue weighted by atomic mass is 9.93. The van der Waals surface area contributed by atoms with Crippen LogP contribution in [0.15, 0.2) is 36.5 Å². The van der Waals surface area contributed by atoms with Gasteiger partial charge in [0.1, 0.15) is 11.4 Å². The van der Waals surface area contributed by atoms with Gasteiger partial charge in [0.15, 0.2) is 0 Å². The van der Waals surface area contributed by atoms with Crippen LogP contribution in [0.25, 0.3) is 0 Å². The molecule has 0 amide bonds. The van der Waals surface area contributed by atoms with E-state index in [2.05, 4.69) is 5.10 Å². The number of aryl methyl sites for hydroxylation is 1. The minimum absolute atomic E-state index is 0.630. The van der Waals surface area contributed by atoms with Gasteiger partial charge in [0.25, 0.3) is 0 Å². The Hall–Kier alpha value is -1.81. The zero-order valence-electron chi connectivity index (χ0n) is 10.2. The van der Waals surface area contributed by atoms with Crippen molar-refractivity contribution in [2.75, 3.05) is 7.11 Å². The van der Waals surface area contributed by atoms with Gasteiger partial charge >= 0.3 is 0 Å². The SMILES string of the molecule is COc1ccc(C(C)(O)c2ccn(C)n2)cc1. The van der Waals surface area contributed by atoms with Crippen LogP contribution in [0, 0.1) is 0 Å². The number of hydrogen-bond acceptors (Lipinski definition) is 3. The number of nitrogens with zero attached hydrogens (tertiary/aromatic N) is 2. The summed E-state index contributed by atoms with van der Waals surface area (Å²) in [5, 5.41) is 14.8. The second-order valence-corrected chi connectivity index (χ2v) is 4.18. The summed E-state index contributed by atoms with van der Waals surface area (Å²) >= 11 is 0. The summed E-state index contributed by atoms with van der Waals surface area (Å²) in [5.41, 5.74) is 0.329. The number of ether oxygens (including phenoxy) is 1. The van der Waals surface area contributed by atoms with E-state index in [1.165, 1.54) is 0 Å². The zero-order valence-corrected chi connectivity index (χ0v) is 10.2.